The number of rotatable bonds is 9. The fraction of sp³-hybridized carbons (Fsp3) is 0.238. The Morgan fingerprint density at radius 2 is 1.88 bits per heavy atom. The molecule has 1 aliphatic rings. The molecule has 3 aromatic rings. The normalized spacial score (nSPS) is 13.6. The number of halogens is 4. The predicted molar refractivity (Wildman–Crippen MR) is 109 cm³/mol. The molecule has 33 heavy (non-hydrogen) atoms. The lowest BCUT2D eigenvalue weighted by Gasteiger charge is -2.11. The average molecular weight is 463 g/mol. The van der Waals surface area contributed by atoms with Crippen molar-refractivity contribution >= 4 is 17.7 Å². The van der Waals surface area contributed by atoms with Crippen molar-refractivity contribution in [3.05, 3.63) is 54.1 Å². The summed E-state index contributed by atoms with van der Waals surface area (Å²) in [5, 5.41) is 14.4. The lowest BCUT2D eigenvalue weighted by atomic mass is 10.1. The Labute approximate surface area is 184 Å². The molecule has 0 spiro atoms. The molecule has 12 heteroatoms. The molecule has 172 valence electrons. The van der Waals surface area contributed by atoms with Gasteiger partial charge in [0.2, 0.25) is 5.91 Å². The van der Waals surface area contributed by atoms with Crippen LogP contribution in [0.3, 0.4) is 0 Å². The molecule has 0 bridgehead atoms. The van der Waals surface area contributed by atoms with Crippen LogP contribution < -0.4 is 14.8 Å². The zero-order valence-corrected chi connectivity index (χ0v) is 16.9. The second-order valence-electron chi connectivity index (χ2n) is 7.04. The predicted octanol–water partition coefficient (Wildman–Crippen LogP) is 4.53. The van der Waals surface area contributed by atoms with Crippen molar-refractivity contribution in [3.8, 4) is 22.9 Å². The van der Waals surface area contributed by atoms with Gasteiger partial charge in [0.1, 0.15) is 11.5 Å². The fourth-order valence-corrected chi connectivity index (χ4v) is 3.06. The molecule has 1 amide bonds. The van der Waals surface area contributed by atoms with Gasteiger partial charge in [0.05, 0.1) is 6.04 Å². The minimum atomic E-state index is -3.19. The molecular weight excluding hydrogens is 446 g/mol. The number of nitrogens with zero attached hydrogens (tertiary/aromatic N) is 4. The van der Waals surface area contributed by atoms with Crippen LogP contribution in [0.2, 0.25) is 0 Å². The summed E-state index contributed by atoms with van der Waals surface area (Å²) in [5.41, 5.74) is 1.26. The molecule has 0 aliphatic heterocycles. The zero-order valence-electron chi connectivity index (χ0n) is 16.9. The number of aromatic nitrogens is 4. The maximum Gasteiger partial charge on any atom is 0.387 e. The van der Waals surface area contributed by atoms with Gasteiger partial charge in [-0.3, -0.25) is 4.79 Å². The van der Waals surface area contributed by atoms with Crippen molar-refractivity contribution in [2.24, 2.45) is 0 Å². The molecule has 1 saturated carbocycles. The summed E-state index contributed by atoms with van der Waals surface area (Å²) in [5.74, 6) is -0.734. The van der Waals surface area contributed by atoms with E-state index in [0.717, 1.165) is 36.6 Å². The number of nitrogens with one attached hydrogen (secondary N) is 1. The van der Waals surface area contributed by atoms with Crippen LogP contribution in [0.25, 0.3) is 17.5 Å². The Morgan fingerprint density at radius 1 is 1.09 bits per heavy atom. The van der Waals surface area contributed by atoms with Gasteiger partial charge in [-0.1, -0.05) is 12.1 Å². The van der Waals surface area contributed by atoms with Crippen molar-refractivity contribution in [2.75, 3.05) is 5.32 Å². The molecule has 1 heterocycles. The molecule has 2 aromatic carbocycles. The largest absolute Gasteiger partial charge is 0.435 e. The molecule has 8 nitrogen and oxygen atoms in total. The van der Waals surface area contributed by atoms with Crippen molar-refractivity contribution in [2.45, 2.75) is 32.1 Å². The van der Waals surface area contributed by atoms with E-state index in [-0.39, 0.29) is 17.4 Å². The van der Waals surface area contributed by atoms with Gasteiger partial charge in [0.15, 0.2) is 5.82 Å². The van der Waals surface area contributed by atoms with E-state index in [0.29, 0.717) is 11.5 Å². The Morgan fingerprint density at radius 3 is 2.61 bits per heavy atom. The SMILES string of the molecule is O=C(/C=C/c1ccc(OC(F)F)cc1OC(F)F)Nc1cccc(-c2nnnn2C2CC2)c1. The van der Waals surface area contributed by atoms with E-state index in [9.17, 15) is 22.4 Å². The Bertz CT molecular complexity index is 1160. The topological polar surface area (TPSA) is 91.2 Å². The highest BCUT2D eigenvalue weighted by Crippen LogP contribution is 2.36. The van der Waals surface area contributed by atoms with Crippen molar-refractivity contribution in [1.82, 2.24) is 20.2 Å². The number of hydrogen-bond donors (Lipinski definition) is 1. The second kappa shape index (κ2) is 9.67. The van der Waals surface area contributed by atoms with Gasteiger partial charge < -0.3 is 14.8 Å². The minimum Gasteiger partial charge on any atom is -0.435 e. The number of tetrazole rings is 1. The first-order valence-corrected chi connectivity index (χ1v) is 9.80. The van der Waals surface area contributed by atoms with Gasteiger partial charge >= 0.3 is 13.2 Å². The summed E-state index contributed by atoms with van der Waals surface area (Å²) in [6.07, 6.45) is 4.33. The maximum absolute atomic E-state index is 12.7. The monoisotopic (exact) mass is 463 g/mol. The smallest absolute Gasteiger partial charge is 0.387 e. The number of amides is 1. The molecule has 0 atom stereocenters. The average Bonchev–Trinajstić information content (AvgIpc) is 3.48. The van der Waals surface area contributed by atoms with E-state index in [1.807, 2.05) is 6.07 Å². The maximum atomic E-state index is 12.7. The molecule has 0 radical (unpaired) electrons. The van der Waals surface area contributed by atoms with Crippen LogP contribution in [0.15, 0.2) is 48.5 Å². The molecule has 1 aliphatic carbocycles. The molecule has 0 unspecified atom stereocenters. The van der Waals surface area contributed by atoms with Crippen molar-refractivity contribution in [3.63, 3.8) is 0 Å². The fourth-order valence-electron chi connectivity index (χ4n) is 3.06. The highest BCUT2D eigenvalue weighted by Gasteiger charge is 2.28. The quantitative estimate of drug-likeness (QED) is 0.370. The minimum absolute atomic E-state index is 0.0735. The van der Waals surface area contributed by atoms with Gasteiger partial charge in [-0.25, -0.2) is 4.68 Å². The molecule has 0 saturated heterocycles. The number of ether oxygens (including phenoxy) is 2. The Balaban J connectivity index is 1.47. The standard InChI is InChI=1S/C21H17F4N5O3/c22-20(23)32-16-8-4-12(17(11-16)33-21(24)25)5-9-18(31)26-14-3-1-2-13(10-14)19-27-28-29-30(19)15-6-7-15/h1-5,8-11,15,20-21H,6-7H2,(H,26,31)/b9-5+. The first kappa shape index (κ1) is 22.2. The summed E-state index contributed by atoms with van der Waals surface area (Å²) >= 11 is 0. The van der Waals surface area contributed by atoms with E-state index in [1.165, 1.54) is 12.1 Å². The summed E-state index contributed by atoms with van der Waals surface area (Å²) in [7, 11) is 0. The lowest BCUT2D eigenvalue weighted by Crippen LogP contribution is -2.08. The number of benzene rings is 2. The van der Waals surface area contributed by atoms with Gasteiger partial charge in [0, 0.05) is 29.0 Å². The van der Waals surface area contributed by atoms with E-state index in [1.54, 1.807) is 22.9 Å². The van der Waals surface area contributed by atoms with Gasteiger partial charge in [-0.15, -0.1) is 5.10 Å². The molecular formula is C21H17F4N5O3. The summed E-state index contributed by atoms with van der Waals surface area (Å²) in [4.78, 5) is 12.4. The zero-order chi connectivity index (χ0) is 23.4. The van der Waals surface area contributed by atoms with Gasteiger partial charge in [-0.2, -0.15) is 17.6 Å². The molecule has 1 aromatic heterocycles. The number of carbonyl (C=O) groups is 1. The first-order chi connectivity index (χ1) is 15.9. The van der Waals surface area contributed by atoms with Crippen molar-refractivity contribution in [1.29, 1.82) is 0 Å². The summed E-state index contributed by atoms with van der Waals surface area (Å²) in [6, 6.07) is 10.5. The molecule has 1 fully saturated rings. The van der Waals surface area contributed by atoms with Crippen LogP contribution in [0.5, 0.6) is 11.5 Å². The first-order valence-electron chi connectivity index (χ1n) is 9.80. The van der Waals surface area contributed by atoms with Crippen LogP contribution in [0.1, 0.15) is 24.4 Å². The Hall–Kier alpha value is -3.96. The highest BCUT2D eigenvalue weighted by atomic mass is 19.3. The van der Waals surface area contributed by atoms with Crippen LogP contribution in [0.4, 0.5) is 23.2 Å². The lowest BCUT2D eigenvalue weighted by molar-refractivity contribution is -0.111. The highest BCUT2D eigenvalue weighted by molar-refractivity contribution is 6.02. The third-order valence-corrected chi connectivity index (χ3v) is 4.61. The number of hydrogen-bond acceptors (Lipinski definition) is 6. The number of alkyl halides is 4. The van der Waals surface area contributed by atoms with Crippen LogP contribution in [-0.2, 0) is 4.79 Å². The van der Waals surface area contributed by atoms with E-state index in [2.05, 4.69) is 30.3 Å². The summed E-state index contributed by atoms with van der Waals surface area (Å²) in [6.45, 7) is -6.32. The molecule has 1 N–H and O–H groups in total. The third-order valence-electron chi connectivity index (χ3n) is 4.61. The van der Waals surface area contributed by atoms with E-state index >= 15 is 0 Å². The number of anilines is 1. The summed E-state index contributed by atoms with van der Waals surface area (Å²) < 4.78 is 60.4. The second-order valence-corrected chi connectivity index (χ2v) is 7.04. The van der Waals surface area contributed by atoms with E-state index in [4.69, 9.17) is 0 Å². The van der Waals surface area contributed by atoms with Crippen LogP contribution >= 0.6 is 0 Å². The van der Waals surface area contributed by atoms with E-state index < -0.39 is 24.9 Å². The van der Waals surface area contributed by atoms with Gasteiger partial charge in [-0.05, 0) is 53.6 Å². The van der Waals surface area contributed by atoms with Crippen LogP contribution in [0, 0.1) is 0 Å². The van der Waals surface area contributed by atoms with Crippen LogP contribution in [-0.4, -0.2) is 39.3 Å². The Kier molecular flexibility index (Phi) is 6.52. The molecule has 4 rings (SSSR count). The van der Waals surface area contributed by atoms with Gasteiger partial charge in [0.25, 0.3) is 0 Å². The van der Waals surface area contributed by atoms with Crippen molar-refractivity contribution < 1.29 is 31.8 Å². The number of carbonyl (C=O) groups excluding carboxylic acids is 1. The third kappa shape index (κ3) is 5.84.